The van der Waals surface area contributed by atoms with Crippen molar-refractivity contribution in [3.8, 4) is 11.3 Å². The molecule has 1 aliphatic heterocycles. The van der Waals surface area contributed by atoms with Gasteiger partial charge >= 0.3 is 0 Å². The van der Waals surface area contributed by atoms with E-state index in [1.807, 2.05) is 59.6 Å². The highest BCUT2D eigenvalue weighted by Gasteiger charge is 2.36. The van der Waals surface area contributed by atoms with E-state index in [-0.39, 0.29) is 11.8 Å². The van der Waals surface area contributed by atoms with E-state index in [1.165, 1.54) is 0 Å². The molecule has 1 aromatic carbocycles. The molecule has 1 aliphatic carbocycles. The van der Waals surface area contributed by atoms with Gasteiger partial charge in [0.2, 0.25) is 5.91 Å². The van der Waals surface area contributed by atoms with Gasteiger partial charge in [-0.15, -0.1) is 0 Å². The Morgan fingerprint density at radius 1 is 1.03 bits per heavy atom. The largest absolute Gasteiger partial charge is 0.342 e. The predicted octanol–water partition coefficient (Wildman–Crippen LogP) is 4.40. The van der Waals surface area contributed by atoms with Crippen molar-refractivity contribution >= 4 is 17.4 Å². The van der Waals surface area contributed by atoms with Gasteiger partial charge in [-0.2, -0.15) is 0 Å². The normalized spacial score (nSPS) is 18.8. The number of amides is 1. The molecule has 3 aromatic rings. The maximum atomic E-state index is 12.6. The minimum Gasteiger partial charge on any atom is -0.342 e. The molecule has 2 fully saturated rings. The van der Waals surface area contributed by atoms with Gasteiger partial charge in [0.15, 0.2) is 0 Å². The Morgan fingerprint density at radius 3 is 2.67 bits per heavy atom. The average Bonchev–Trinajstić information content (AvgIpc) is 3.65. The van der Waals surface area contributed by atoms with Crippen LogP contribution >= 0.6 is 0 Å². The number of carbonyl (C=O) groups excluding carboxylic acids is 1. The van der Waals surface area contributed by atoms with Crippen molar-refractivity contribution in [2.24, 2.45) is 5.92 Å². The third-order valence-corrected chi connectivity index (χ3v) is 5.77. The topological polar surface area (TPSA) is 71.0 Å². The van der Waals surface area contributed by atoms with E-state index >= 15 is 0 Å². The number of aromatic nitrogens is 3. The molecule has 6 nitrogen and oxygen atoms in total. The molecular formula is C24H25N5O. The summed E-state index contributed by atoms with van der Waals surface area (Å²) >= 11 is 0. The summed E-state index contributed by atoms with van der Waals surface area (Å²) in [5.74, 6) is 2.26. The summed E-state index contributed by atoms with van der Waals surface area (Å²) in [6.07, 6.45) is 7.65. The van der Waals surface area contributed by atoms with Gasteiger partial charge in [-0.05, 0) is 49.9 Å². The van der Waals surface area contributed by atoms with Gasteiger partial charge in [-0.25, -0.2) is 9.97 Å². The standard InChI is InChI=1S/C24H25N5O/c30-24(17-10-11-17)29-13-5-7-19(16-29)23-27-21(18-6-4-12-25-15-18)14-22(28-23)26-20-8-2-1-3-9-20/h1-4,6,8-9,12,14-15,17,19H,5,7,10-11,13,16H2,(H,26,27,28). The molecule has 1 N–H and O–H groups in total. The van der Waals surface area contributed by atoms with Gasteiger partial charge in [0, 0.05) is 54.6 Å². The Morgan fingerprint density at radius 2 is 1.90 bits per heavy atom. The van der Waals surface area contributed by atoms with Crippen molar-refractivity contribution in [2.45, 2.75) is 31.6 Å². The number of piperidine rings is 1. The van der Waals surface area contributed by atoms with E-state index in [1.54, 1.807) is 6.20 Å². The average molecular weight is 399 g/mol. The molecule has 2 aromatic heterocycles. The summed E-state index contributed by atoms with van der Waals surface area (Å²) in [5.41, 5.74) is 2.78. The molecule has 1 atom stereocenters. The number of nitrogens with one attached hydrogen (secondary N) is 1. The van der Waals surface area contributed by atoms with Crippen molar-refractivity contribution in [2.75, 3.05) is 18.4 Å². The third kappa shape index (κ3) is 4.17. The van der Waals surface area contributed by atoms with Crippen molar-refractivity contribution in [3.05, 3.63) is 66.7 Å². The minimum atomic E-state index is 0.148. The number of hydrogen-bond donors (Lipinski definition) is 1. The first-order valence-electron chi connectivity index (χ1n) is 10.7. The Bertz CT molecular complexity index is 1020. The molecule has 0 spiro atoms. The molecule has 1 amide bonds. The van der Waals surface area contributed by atoms with Crippen LogP contribution in [0, 0.1) is 5.92 Å². The van der Waals surface area contributed by atoms with E-state index < -0.39 is 0 Å². The highest BCUT2D eigenvalue weighted by atomic mass is 16.2. The highest BCUT2D eigenvalue weighted by Crippen LogP contribution is 2.34. The minimum absolute atomic E-state index is 0.148. The second kappa shape index (κ2) is 8.22. The van der Waals surface area contributed by atoms with E-state index in [9.17, 15) is 4.79 Å². The first kappa shape index (κ1) is 18.7. The Hall–Kier alpha value is -3.28. The lowest BCUT2D eigenvalue weighted by Crippen LogP contribution is -2.40. The fourth-order valence-corrected chi connectivity index (χ4v) is 4.02. The first-order valence-corrected chi connectivity index (χ1v) is 10.7. The van der Waals surface area contributed by atoms with Crippen LogP contribution in [0.15, 0.2) is 60.9 Å². The maximum Gasteiger partial charge on any atom is 0.225 e. The Labute approximate surface area is 176 Å². The number of carbonyl (C=O) groups is 1. The molecular weight excluding hydrogens is 374 g/mol. The van der Waals surface area contributed by atoms with Crippen LogP contribution in [-0.2, 0) is 4.79 Å². The zero-order chi connectivity index (χ0) is 20.3. The molecule has 6 heteroatoms. The molecule has 0 radical (unpaired) electrons. The van der Waals surface area contributed by atoms with Gasteiger partial charge in [0.05, 0.1) is 5.69 Å². The molecule has 5 rings (SSSR count). The van der Waals surface area contributed by atoms with Crippen molar-refractivity contribution in [1.29, 1.82) is 0 Å². The van der Waals surface area contributed by atoms with Gasteiger partial charge in [0.25, 0.3) is 0 Å². The predicted molar refractivity (Wildman–Crippen MR) is 116 cm³/mol. The second-order valence-electron chi connectivity index (χ2n) is 8.13. The van der Waals surface area contributed by atoms with E-state index in [2.05, 4.69) is 10.3 Å². The molecule has 2 aliphatic rings. The smallest absolute Gasteiger partial charge is 0.225 e. The van der Waals surface area contributed by atoms with Crippen molar-refractivity contribution < 1.29 is 4.79 Å². The molecule has 152 valence electrons. The lowest BCUT2D eigenvalue weighted by atomic mass is 9.96. The number of anilines is 2. The first-order chi connectivity index (χ1) is 14.8. The quantitative estimate of drug-likeness (QED) is 0.689. The number of pyridine rings is 1. The lowest BCUT2D eigenvalue weighted by molar-refractivity contribution is -0.133. The van der Waals surface area contributed by atoms with Crippen LogP contribution in [0.2, 0.25) is 0 Å². The summed E-state index contributed by atoms with van der Waals surface area (Å²) in [7, 11) is 0. The number of rotatable bonds is 5. The molecule has 1 unspecified atom stereocenters. The third-order valence-electron chi connectivity index (χ3n) is 5.77. The number of para-hydroxylation sites is 1. The van der Waals surface area contributed by atoms with Crippen LogP contribution in [0.4, 0.5) is 11.5 Å². The highest BCUT2D eigenvalue weighted by molar-refractivity contribution is 5.81. The van der Waals surface area contributed by atoms with Gasteiger partial charge in [0.1, 0.15) is 11.6 Å². The van der Waals surface area contributed by atoms with E-state index in [0.29, 0.717) is 12.5 Å². The summed E-state index contributed by atoms with van der Waals surface area (Å²) in [4.78, 5) is 28.6. The summed E-state index contributed by atoms with van der Waals surface area (Å²) in [6.45, 7) is 1.56. The Balaban J connectivity index is 1.47. The number of hydrogen-bond acceptors (Lipinski definition) is 5. The molecule has 1 saturated carbocycles. The van der Waals surface area contributed by atoms with Crippen LogP contribution in [0.1, 0.15) is 37.4 Å². The van der Waals surface area contributed by atoms with Gasteiger partial charge < -0.3 is 10.2 Å². The second-order valence-corrected chi connectivity index (χ2v) is 8.13. The van der Waals surface area contributed by atoms with Gasteiger partial charge in [-0.1, -0.05) is 18.2 Å². The summed E-state index contributed by atoms with van der Waals surface area (Å²) < 4.78 is 0. The molecule has 0 bridgehead atoms. The summed E-state index contributed by atoms with van der Waals surface area (Å²) in [6, 6.07) is 15.9. The van der Waals surface area contributed by atoms with Crippen LogP contribution < -0.4 is 5.32 Å². The molecule has 1 saturated heterocycles. The summed E-state index contributed by atoms with van der Waals surface area (Å²) in [5, 5.41) is 3.40. The van der Waals surface area contributed by atoms with E-state index in [0.717, 1.165) is 60.8 Å². The van der Waals surface area contributed by atoms with Crippen LogP contribution in [0.5, 0.6) is 0 Å². The van der Waals surface area contributed by atoms with Crippen LogP contribution in [0.25, 0.3) is 11.3 Å². The fourth-order valence-electron chi connectivity index (χ4n) is 4.02. The number of benzene rings is 1. The van der Waals surface area contributed by atoms with Crippen molar-refractivity contribution in [3.63, 3.8) is 0 Å². The zero-order valence-electron chi connectivity index (χ0n) is 16.9. The SMILES string of the molecule is O=C(C1CC1)N1CCCC(c2nc(Nc3ccccc3)cc(-c3cccnc3)n2)C1. The van der Waals surface area contributed by atoms with Crippen LogP contribution in [0.3, 0.4) is 0 Å². The molecule has 30 heavy (non-hydrogen) atoms. The van der Waals surface area contributed by atoms with E-state index in [4.69, 9.17) is 9.97 Å². The lowest BCUT2D eigenvalue weighted by Gasteiger charge is -2.32. The molecule has 3 heterocycles. The van der Waals surface area contributed by atoms with Crippen molar-refractivity contribution in [1.82, 2.24) is 19.9 Å². The Kier molecular flexibility index (Phi) is 5.13. The maximum absolute atomic E-state index is 12.6. The number of likely N-dealkylation sites (tertiary alicyclic amines) is 1. The number of nitrogens with zero attached hydrogens (tertiary/aromatic N) is 4. The van der Waals surface area contributed by atoms with Crippen LogP contribution in [-0.4, -0.2) is 38.8 Å². The monoisotopic (exact) mass is 399 g/mol. The van der Waals surface area contributed by atoms with Gasteiger partial charge in [-0.3, -0.25) is 9.78 Å². The zero-order valence-corrected chi connectivity index (χ0v) is 16.9. The fraction of sp³-hybridized carbons (Fsp3) is 0.333.